The van der Waals surface area contributed by atoms with Crippen LogP contribution in [0.3, 0.4) is 0 Å². The summed E-state index contributed by atoms with van der Waals surface area (Å²) in [5.74, 6) is 0.599. The van der Waals surface area contributed by atoms with Crippen molar-refractivity contribution in [3.8, 4) is 0 Å². The molecule has 0 saturated heterocycles. The van der Waals surface area contributed by atoms with E-state index < -0.39 is 5.69 Å². The molecule has 0 aromatic carbocycles. The number of hydrogen-bond acceptors (Lipinski definition) is 4. The van der Waals surface area contributed by atoms with Crippen molar-refractivity contribution in [2.75, 3.05) is 11.9 Å². The maximum Gasteiger partial charge on any atom is 0.363 e. The first kappa shape index (κ1) is 13.7. The van der Waals surface area contributed by atoms with Crippen LogP contribution in [-0.4, -0.2) is 21.7 Å². The van der Waals surface area contributed by atoms with Crippen molar-refractivity contribution in [1.29, 1.82) is 0 Å². The highest BCUT2D eigenvalue weighted by Gasteiger charge is 2.00. The van der Waals surface area contributed by atoms with Gasteiger partial charge >= 0.3 is 5.69 Å². The highest BCUT2D eigenvalue weighted by molar-refractivity contribution is 5.37. The van der Waals surface area contributed by atoms with E-state index >= 15 is 0 Å². The average molecular weight is 238 g/mol. The lowest BCUT2D eigenvalue weighted by Crippen LogP contribution is -2.17. The lowest BCUT2D eigenvalue weighted by molar-refractivity contribution is 0.616. The fourth-order valence-electron chi connectivity index (χ4n) is 1.67. The van der Waals surface area contributed by atoms with Crippen LogP contribution in [-0.2, 0) is 0 Å². The number of anilines is 1. The second-order valence-corrected chi connectivity index (χ2v) is 4.27. The van der Waals surface area contributed by atoms with Crippen molar-refractivity contribution in [2.45, 2.75) is 52.4 Å². The van der Waals surface area contributed by atoms with E-state index in [4.69, 9.17) is 0 Å². The normalized spacial score (nSPS) is 10.5. The van der Waals surface area contributed by atoms with Crippen molar-refractivity contribution >= 4 is 5.82 Å². The average Bonchev–Trinajstić information content (AvgIpc) is 2.32. The van der Waals surface area contributed by atoms with Crippen LogP contribution < -0.4 is 11.0 Å². The number of aryl methyl sites for hydroxylation is 1. The molecule has 2 N–H and O–H groups in total. The van der Waals surface area contributed by atoms with E-state index in [1.54, 1.807) is 0 Å². The number of nitrogens with one attached hydrogen (secondary N) is 2. The number of aromatic nitrogens is 3. The minimum Gasteiger partial charge on any atom is -0.368 e. The molecule has 0 aliphatic carbocycles. The van der Waals surface area contributed by atoms with Crippen molar-refractivity contribution < 1.29 is 0 Å². The molecular weight excluding hydrogens is 216 g/mol. The number of hydrogen-bond donors (Lipinski definition) is 2. The summed E-state index contributed by atoms with van der Waals surface area (Å²) in [6, 6.07) is 0. The van der Waals surface area contributed by atoms with Gasteiger partial charge in [-0.25, -0.2) is 9.89 Å². The van der Waals surface area contributed by atoms with Crippen LogP contribution in [0.15, 0.2) is 4.79 Å². The maximum atomic E-state index is 11.0. The summed E-state index contributed by atoms with van der Waals surface area (Å²) in [7, 11) is 0. The summed E-state index contributed by atoms with van der Waals surface area (Å²) in [5, 5.41) is 9.31. The quantitative estimate of drug-likeness (QED) is 0.681. The molecule has 5 heteroatoms. The van der Waals surface area contributed by atoms with Gasteiger partial charge in [-0.05, 0) is 13.3 Å². The zero-order valence-electron chi connectivity index (χ0n) is 10.8. The molecule has 0 saturated carbocycles. The Morgan fingerprint density at radius 1 is 1.18 bits per heavy atom. The van der Waals surface area contributed by atoms with Crippen molar-refractivity contribution in [3.05, 3.63) is 16.2 Å². The van der Waals surface area contributed by atoms with E-state index in [2.05, 4.69) is 27.4 Å². The Kier molecular flexibility index (Phi) is 6.29. The van der Waals surface area contributed by atoms with E-state index in [1.807, 2.05) is 6.92 Å². The first-order valence-corrected chi connectivity index (χ1v) is 6.41. The Morgan fingerprint density at radius 3 is 2.65 bits per heavy atom. The second kappa shape index (κ2) is 7.81. The smallest absolute Gasteiger partial charge is 0.363 e. The van der Waals surface area contributed by atoms with Crippen LogP contribution in [0.2, 0.25) is 0 Å². The zero-order chi connectivity index (χ0) is 12.5. The topological polar surface area (TPSA) is 70.7 Å². The molecular formula is C12H22N4O. The van der Waals surface area contributed by atoms with Crippen molar-refractivity contribution in [3.63, 3.8) is 0 Å². The molecule has 96 valence electrons. The summed E-state index contributed by atoms with van der Waals surface area (Å²) in [5.41, 5.74) is 0.330. The number of rotatable bonds is 8. The number of nitrogens with zero attached hydrogens (tertiary/aromatic N) is 2. The summed E-state index contributed by atoms with van der Waals surface area (Å²) in [4.78, 5) is 14.8. The molecule has 1 rings (SSSR count). The Labute approximate surface area is 102 Å². The minimum absolute atomic E-state index is 0.402. The minimum atomic E-state index is -0.402. The highest BCUT2D eigenvalue weighted by atomic mass is 16.1. The lowest BCUT2D eigenvalue weighted by atomic mass is 10.1. The number of unbranched alkanes of at least 4 members (excludes halogenated alkanes) is 5. The number of H-pyrrole nitrogens is 1. The highest BCUT2D eigenvalue weighted by Crippen LogP contribution is 2.07. The van der Waals surface area contributed by atoms with Gasteiger partial charge in [-0.15, -0.1) is 0 Å². The first-order chi connectivity index (χ1) is 8.24. The fraction of sp³-hybridized carbons (Fsp3) is 0.750. The van der Waals surface area contributed by atoms with E-state index in [0.717, 1.165) is 18.7 Å². The lowest BCUT2D eigenvalue weighted by Gasteiger charge is -2.06. The van der Waals surface area contributed by atoms with Crippen LogP contribution in [0.25, 0.3) is 0 Å². The van der Waals surface area contributed by atoms with Gasteiger partial charge in [-0.3, -0.25) is 0 Å². The number of aromatic amines is 1. The molecule has 0 aliphatic rings. The molecule has 0 unspecified atom stereocenters. The first-order valence-electron chi connectivity index (χ1n) is 6.41. The standard InChI is InChI=1S/C12H22N4O/c1-3-4-5-6-7-8-9-13-11-10(2)15-16-12(17)14-11/h3-9H2,1-2H3,(H2,13,14,16,17). The summed E-state index contributed by atoms with van der Waals surface area (Å²) < 4.78 is 0. The Balaban J connectivity index is 2.18. The largest absolute Gasteiger partial charge is 0.368 e. The second-order valence-electron chi connectivity index (χ2n) is 4.27. The predicted octanol–water partition coefficient (Wildman–Crippen LogP) is 2.25. The molecule has 0 radical (unpaired) electrons. The van der Waals surface area contributed by atoms with Crippen LogP contribution in [0, 0.1) is 6.92 Å². The summed E-state index contributed by atoms with van der Waals surface area (Å²) >= 11 is 0. The van der Waals surface area contributed by atoms with Gasteiger partial charge in [-0.2, -0.15) is 10.1 Å². The van der Waals surface area contributed by atoms with Crippen LogP contribution in [0.4, 0.5) is 5.82 Å². The molecule has 0 fully saturated rings. The molecule has 0 spiro atoms. The Bertz CT molecular complexity index is 375. The van der Waals surface area contributed by atoms with Crippen LogP contribution in [0.5, 0.6) is 0 Å². The molecule has 0 aliphatic heterocycles. The van der Waals surface area contributed by atoms with Gasteiger partial charge in [0, 0.05) is 6.54 Å². The SMILES string of the molecule is CCCCCCCCNc1nc(=O)[nH]nc1C. The van der Waals surface area contributed by atoms with E-state index in [0.29, 0.717) is 5.82 Å². The van der Waals surface area contributed by atoms with Crippen LogP contribution in [0.1, 0.15) is 51.1 Å². The summed E-state index contributed by atoms with van der Waals surface area (Å²) in [6.07, 6.45) is 7.54. The molecule has 5 nitrogen and oxygen atoms in total. The third-order valence-electron chi connectivity index (χ3n) is 2.70. The molecule has 1 aromatic heterocycles. The third-order valence-corrected chi connectivity index (χ3v) is 2.70. The molecule has 0 atom stereocenters. The molecule has 0 amide bonds. The van der Waals surface area contributed by atoms with Crippen molar-refractivity contribution in [2.24, 2.45) is 0 Å². The van der Waals surface area contributed by atoms with E-state index in [-0.39, 0.29) is 0 Å². The van der Waals surface area contributed by atoms with Gasteiger partial charge in [-0.1, -0.05) is 39.0 Å². The van der Waals surface area contributed by atoms with Crippen molar-refractivity contribution in [1.82, 2.24) is 15.2 Å². The monoisotopic (exact) mass is 238 g/mol. The fourth-order valence-corrected chi connectivity index (χ4v) is 1.67. The predicted molar refractivity (Wildman–Crippen MR) is 69.3 cm³/mol. The van der Waals surface area contributed by atoms with Gasteiger partial charge < -0.3 is 5.32 Å². The molecule has 0 bridgehead atoms. The maximum absolute atomic E-state index is 11.0. The Hall–Kier alpha value is -1.39. The van der Waals surface area contributed by atoms with Gasteiger partial charge in [0.2, 0.25) is 0 Å². The molecule has 1 heterocycles. The van der Waals surface area contributed by atoms with E-state index in [9.17, 15) is 4.79 Å². The zero-order valence-corrected chi connectivity index (χ0v) is 10.8. The Morgan fingerprint density at radius 2 is 1.88 bits per heavy atom. The van der Waals surface area contributed by atoms with Gasteiger partial charge in [0.1, 0.15) is 5.69 Å². The van der Waals surface area contributed by atoms with Crippen LogP contribution >= 0.6 is 0 Å². The van der Waals surface area contributed by atoms with E-state index in [1.165, 1.54) is 32.1 Å². The molecule has 1 aromatic rings. The summed E-state index contributed by atoms with van der Waals surface area (Å²) in [6.45, 7) is 4.90. The third kappa shape index (κ3) is 5.47. The van der Waals surface area contributed by atoms with Gasteiger partial charge in [0.05, 0.1) is 0 Å². The van der Waals surface area contributed by atoms with Gasteiger partial charge in [0.25, 0.3) is 0 Å². The van der Waals surface area contributed by atoms with Gasteiger partial charge in [0.15, 0.2) is 5.82 Å². The molecule has 17 heavy (non-hydrogen) atoms.